The van der Waals surface area contributed by atoms with E-state index in [1.165, 1.54) is 6.33 Å². The van der Waals surface area contributed by atoms with Crippen LogP contribution in [0.4, 0.5) is 11.6 Å². The minimum Gasteiger partial charge on any atom is -0.508 e. The van der Waals surface area contributed by atoms with Gasteiger partial charge in [0.15, 0.2) is 11.5 Å². The Morgan fingerprint density at radius 1 is 1.28 bits per heavy atom. The summed E-state index contributed by atoms with van der Waals surface area (Å²) in [6.07, 6.45) is 3.53. The molecule has 144 valence electrons. The number of phenols is 1. The van der Waals surface area contributed by atoms with E-state index in [1.54, 1.807) is 35.8 Å². The van der Waals surface area contributed by atoms with E-state index in [0.717, 1.165) is 5.56 Å². The zero-order valence-corrected chi connectivity index (χ0v) is 15.4. The number of aromatic hydroxyl groups is 1. The van der Waals surface area contributed by atoms with Crippen molar-refractivity contribution in [3.8, 4) is 17.3 Å². The molecule has 0 fully saturated rings. The number of rotatable bonds is 3. The first kappa shape index (κ1) is 17.0. The minimum atomic E-state index is -0.397. The summed E-state index contributed by atoms with van der Waals surface area (Å²) in [6.45, 7) is 1.76. The molecular weight excluding hydrogens is 372 g/mol. The molecule has 10 heteroatoms. The van der Waals surface area contributed by atoms with Crippen molar-refractivity contribution in [1.82, 2.24) is 29.5 Å². The average Bonchev–Trinajstić information content (AvgIpc) is 3.26. The number of carbonyl (C=O) groups is 1. The number of fused-ring (bicyclic) bond motifs is 2. The van der Waals surface area contributed by atoms with E-state index >= 15 is 0 Å². The Kier molecular flexibility index (Phi) is 3.66. The van der Waals surface area contributed by atoms with Crippen molar-refractivity contribution < 1.29 is 9.90 Å². The van der Waals surface area contributed by atoms with Crippen molar-refractivity contribution in [2.75, 3.05) is 11.1 Å². The van der Waals surface area contributed by atoms with Crippen LogP contribution in [0.1, 0.15) is 29.7 Å². The van der Waals surface area contributed by atoms with Crippen molar-refractivity contribution in [3.05, 3.63) is 53.6 Å². The fourth-order valence-corrected chi connectivity index (χ4v) is 3.46. The van der Waals surface area contributed by atoms with Gasteiger partial charge in [-0.3, -0.25) is 4.79 Å². The fourth-order valence-electron chi connectivity index (χ4n) is 3.46. The monoisotopic (exact) mass is 388 g/mol. The molecule has 1 atom stereocenters. The van der Waals surface area contributed by atoms with Crippen LogP contribution in [-0.4, -0.2) is 40.6 Å². The molecule has 0 saturated heterocycles. The highest BCUT2D eigenvalue weighted by atomic mass is 16.3. The zero-order valence-electron chi connectivity index (χ0n) is 15.4. The summed E-state index contributed by atoms with van der Waals surface area (Å²) in [5.41, 5.74) is 9.25. The summed E-state index contributed by atoms with van der Waals surface area (Å²) >= 11 is 0. The highest BCUT2D eigenvalue weighted by Gasteiger charge is 2.31. The second-order valence-electron chi connectivity index (χ2n) is 6.85. The molecule has 0 bridgehead atoms. The molecule has 29 heavy (non-hydrogen) atoms. The Morgan fingerprint density at radius 2 is 2.14 bits per heavy atom. The highest BCUT2D eigenvalue weighted by Crippen LogP contribution is 2.35. The Labute approximate surface area is 164 Å². The maximum Gasteiger partial charge on any atom is 0.233 e. The first-order valence-electron chi connectivity index (χ1n) is 8.95. The highest BCUT2D eigenvalue weighted by molar-refractivity contribution is 6.03. The van der Waals surface area contributed by atoms with Crippen LogP contribution < -0.4 is 11.1 Å². The zero-order chi connectivity index (χ0) is 20.1. The van der Waals surface area contributed by atoms with Gasteiger partial charge in [-0.2, -0.15) is 5.10 Å². The van der Waals surface area contributed by atoms with E-state index in [1.807, 2.05) is 6.07 Å². The van der Waals surface area contributed by atoms with Crippen molar-refractivity contribution >= 4 is 23.2 Å². The van der Waals surface area contributed by atoms with Gasteiger partial charge in [0.2, 0.25) is 5.91 Å². The van der Waals surface area contributed by atoms with E-state index in [9.17, 15) is 9.90 Å². The van der Waals surface area contributed by atoms with Crippen molar-refractivity contribution in [2.24, 2.45) is 0 Å². The topological polar surface area (TPSA) is 144 Å². The van der Waals surface area contributed by atoms with Gasteiger partial charge < -0.3 is 16.2 Å². The number of amides is 1. The van der Waals surface area contributed by atoms with Crippen molar-refractivity contribution in [3.63, 3.8) is 0 Å². The molecule has 4 heterocycles. The number of nitrogens with two attached hydrogens (primary N) is 1. The molecule has 1 aliphatic rings. The number of nitrogens with zero attached hydrogens (tertiary/aromatic N) is 6. The Bertz CT molecular complexity index is 1280. The second-order valence-corrected chi connectivity index (χ2v) is 6.85. The third-order valence-electron chi connectivity index (χ3n) is 4.89. The molecule has 0 radical (unpaired) electrons. The SMILES string of the molecule is C[C@H]1C(=O)Nc2nc(-c3cn4ncnc4c(Cc4cccc(O)c4)n3)nc(N)c21. The lowest BCUT2D eigenvalue weighted by Crippen LogP contribution is -2.09. The normalized spacial score (nSPS) is 15.5. The molecule has 1 amide bonds. The van der Waals surface area contributed by atoms with Crippen LogP contribution in [-0.2, 0) is 11.2 Å². The second kappa shape index (κ2) is 6.23. The quantitative estimate of drug-likeness (QED) is 0.479. The number of nitrogens with one attached hydrogen (secondary N) is 1. The number of hydrogen-bond donors (Lipinski definition) is 3. The number of phenolic OH excluding ortho intramolecular Hbond substituents is 1. The molecule has 0 spiro atoms. The van der Waals surface area contributed by atoms with Gasteiger partial charge in [0.25, 0.3) is 0 Å². The molecule has 0 saturated carbocycles. The van der Waals surface area contributed by atoms with E-state index in [4.69, 9.17) is 5.73 Å². The Balaban J connectivity index is 1.63. The number of nitrogen functional groups attached to an aromatic ring is 1. The van der Waals surface area contributed by atoms with E-state index in [-0.39, 0.29) is 23.3 Å². The molecule has 1 aromatic carbocycles. The Morgan fingerprint density at radius 3 is 2.97 bits per heavy atom. The third-order valence-corrected chi connectivity index (χ3v) is 4.89. The fraction of sp³-hybridized carbons (Fsp3) is 0.158. The van der Waals surface area contributed by atoms with Crippen molar-refractivity contribution in [1.29, 1.82) is 0 Å². The Hall–Kier alpha value is -4.08. The summed E-state index contributed by atoms with van der Waals surface area (Å²) in [4.78, 5) is 29.7. The molecule has 4 N–H and O–H groups in total. The van der Waals surface area contributed by atoms with Gasteiger partial charge in [-0.1, -0.05) is 12.1 Å². The van der Waals surface area contributed by atoms with Crippen LogP contribution in [0, 0.1) is 0 Å². The number of benzene rings is 1. The van der Waals surface area contributed by atoms with Gasteiger partial charge in [-0.25, -0.2) is 24.5 Å². The van der Waals surface area contributed by atoms with Gasteiger partial charge in [-0.15, -0.1) is 0 Å². The van der Waals surface area contributed by atoms with E-state index in [0.29, 0.717) is 34.8 Å². The van der Waals surface area contributed by atoms with Crippen LogP contribution in [0.5, 0.6) is 5.75 Å². The minimum absolute atomic E-state index is 0.164. The number of aromatic nitrogens is 6. The first-order valence-corrected chi connectivity index (χ1v) is 8.95. The number of anilines is 2. The van der Waals surface area contributed by atoms with Crippen LogP contribution in [0.15, 0.2) is 36.8 Å². The van der Waals surface area contributed by atoms with Crippen LogP contribution in [0.25, 0.3) is 17.2 Å². The predicted molar refractivity (Wildman–Crippen MR) is 104 cm³/mol. The third kappa shape index (κ3) is 2.81. The van der Waals surface area contributed by atoms with Crippen LogP contribution in [0.2, 0.25) is 0 Å². The maximum atomic E-state index is 12.0. The van der Waals surface area contributed by atoms with Gasteiger partial charge in [0.05, 0.1) is 17.8 Å². The lowest BCUT2D eigenvalue weighted by atomic mass is 10.1. The predicted octanol–water partition coefficient (Wildman–Crippen LogP) is 1.52. The molecule has 10 nitrogen and oxygen atoms in total. The smallest absolute Gasteiger partial charge is 0.233 e. The lowest BCUT2D eigenvalue weighted by molar-refractivity contribution is -0.116. The summed E-state index contributed by atoms with van der Waals surface area (Å²) in [7, 11) is 0. The van der Waals surface area contributed by atoms with Gasteiger partial charge in [0, 0.05) is 12.0 Å². The maximum absolute atomic E-state index is 12.0. The first-order chi connectivity index (χ1) is 14.0. The van der Waals surface area contributed by atoms with Gasteiger partial charge in [-0.05, 0) is 24.6 Å². The standard InChI is InChI=1S/C19H16N8O2/c1-9-14-15(20)24-16(25-17(14)26-19(9)29)13-7-27-18(21-8-22-27)12(23-13)6-10-3-2-4-11(28)5-10/h2-5,7-9,28H,6H2,1H3,(H3,20,24,25,26,29)/t9-/m1/s1. The largest absolute Gasteiger partial charge is 0.508 e. The van der Waals surface area contributed by atoms with Gasteiger partial charge >= 0.3 is 0 Å². The van der Waals surface area contributed by atoms with E-state index < -0.39 is 5.92 Å². The number of carbonyl (C=O) groups excluding carboxylic acids is 1. The van der Waals surface area contributed by atoms with Crippen LogP contribution >= 0.6 is 0 Å². The lowest BCUT2D eigenvalue weighted by Gasteiger charge is -2.09. The summed E-state index contributed by atoms with van der Waals surface area (Å²) in [5, 5.41) is 16.7. The average molecular weight is 388 g/mol. The number of hydrogen-bond acceptors (Lipinski definition) is 8. The van der Waals surface area contributed by atoms with E-state index in [2.05, 4.69) is 30.4 Å². The molecule has 5 rings (SSSR count). The molecular formula is C19H16N8O2. The van der Waals surface area contributed by atoms with Crippen molar-refractivity contribution in [2.45, 2.75) is 19.3 Å². The summed E-state index contributed by atoms with van der Waals surface area (Å²) < 4.78 is 1.59. The summed E-state index contributed by atoms with van der Waals surface area (Å²) in [5.74, 6) is 0.542. The molecule has 4 aromatic rings. The molecule has 0 unspecified atom stereocenters. The molecule has 0 aliphatic carbocycles. The van der Waals surface area contributed by atoms with Crippen LogP contribution in [0.3, 0.4) is 0 Å². The summed E-state index contributed by atoms with van der Waals surface area (Å²) in [6, 6.07) is 6.93. The molecule has 1 aliphatic heterocycles. The van der Waals surface area contributed by atoms with Gasteiger partial charge in [0.1, 0.15) is 29.4 Å². The molecule has 3 aromatic heterocycles.